The van der Waals surface area contributed by atoms with Crippen LogP contribution in [0.4, 0.5) is 0 Å². The first-order valence-corrected chi connectivity index (χ1v) is 7.09. The van der Waals surface area contributed by atoms with E-state index in [1.807, 2.05) is 0 Å². The molecule has 0 aromatic carbocycles. The highest BCUT2D eigenvalue weighted by Crippen LogP contribution is 2.68. The average molecular weight is 232 g/mol. The van der Waals surface area contributed by atoms with E-state index in [1.165, 1.54) is 19.1 Å². The normalized spacial score (nSPS) is 57.7. The van der Waals surface area contributed by atoms with Crippen LogP contribution in [-0.4, -0.2) is 18.0 Å². The van der Waals surface area contributed by atoms with Crippen molar-refractivity contribution in [2.75, 3.05) is 6.61 Å². The second kappa shape index (κ2) is 3.44. The summed E-state index contributed by atoms with van der Waals surface area (Å²) in [6.07, 6.45) is 9.50. The van der Waals surface area contributed by atoms with Crippen molar-refractivity contribution < 1.29 is 9.90 Å². The third kappa shape index (κ3) is 1.13. The molecule has 0 aromatic rings. The van der Waals surface area contributed by atoms with Crippen LogP contribution in [0.2, 0.25) is 0 Å². The SMILES string of the molecule is O=CC1C(CCO)C2CC1C1C3C=CC(C3)C21. The van der Waals surface area contributed by atoms with Gasteiger partial charge in [-0.2, -0.15) is 0 Å². The van der Waals surface area contributed by atoms with Crippen molar-refractivity contribution in [2.45, 2.75) is 19.3 Å². The molecule has 4 bridgehead atoms. The topological polar surface area (TPSA) is 37.3 Å². The van der Waals surface area contributed by atoms with Crippen LogP contribution in [0, 0.1) is 47.3 Å². The molecule has 8 atom stereocenters. The van der Waals surface area contributed by atoms with Crippen molar-refractivity contribution in [3.8, 4) is 0 Å². The Kier molecular flexibility index (Phi) is 2.09. The molecule has 0 amide bonds. The summed E-state index contributed by atoms with van der Waals surface area (Å²) in [5.41, 5.74) is 0. The number of allylic oxidation sites excluding steroid dienone is 2. The van der Waals surface area contributed by atoms with Crippen LogP contribution < -0.4 is 0 Å². The lowest BCUT2D eigenvalue weighted by Gasteiger charge is -2.39. The number of hydrogen-bond acceptors (Lipinski definition) is 2. The molecular weight excluding hydrogens is 212 g/mol. The number of carbonyl (C=O) groups is 1. The van der Waals surface area contributed by atoms with Crippen molar-refractivity contribution in [3.63, 3.8) is 0 Å². The largest absolute Gasteiger partial charge is 0.396 e. The highest BCUT2D eigenvalue weighted by Gasteiger charge is 2.64. The van der Waals surface area contributed by atoms with E-state index in [-0.39, 0.29) is 12.5 Å². The fourth-order valence-electron chi connectivity index (χ4n) is 5.97. The number of carbonyl (C=O) groups excluding carboxylic acids is 1. The Morgan fingerprint density at radius 1 is 1.12 bits per heavy atom. The molecule has 0 saturated heterocycles. The van der Waals surface area contributed by atoms with Crippen molar-refractivity contribution in [2.24, 2.45) is 47.3 Å². The maximum atomic E-state index is 11.4. The number of hydrogen-bond donors (Lipinski definition) is 1. The highest BCUT2D eigenvalue weighted by atomic mass is 16.3. The quantitative estimate of drug-likeness (QED) is 0.458. The minimum atomic E-state index is 0.250. The van der Waals surface area contributed by atoms with Crippen molar-refractivity contribution in [1.82, 2.24) is 0 Å². The summed E-state index contributed by atoms with van der Waals surface area (Å²) < 4.78 is 0. The van der Waals surface area contributed by atoms with Gasteiger partial charge in [-0.15, -0.1) is 0 Å². The van der Waals surface area contributed by atoms with Crippen LogP contribution in [0.15, 0.2) is 12.2 Å². The van der Waals surface area contributed by atoms with Crippen molar-refractivity contribution >= 4 is 6.29 Å². The van der Waals surface area contributed by atoms with Crippen LogP contribution in [0.3, 0.4) is 0 Å². The zero-order valence-corrected chi connectivity index (χ0v) is 10.0. The average Bonchev–Trinajstić information content (AvgIpc) is 3.06. The van der Waals surface area contributed by atoms with Gasteiger partial charge in [0.2, 0.25) is 0 Å². The molecule has 4 aliphatic carbocycles. The monoisotopic (exact) mass is 232 g/mol. The number of aliphatic hydroxyl groups excluding tert-OH is 1. The maximum Gasteiger partial charge on any atom is 0.123 e. The first kappa shape index (κ1) is 10.3. The molecule has 3 saturated carbocycles. The van der Waals surface area contributed by atoms with Crippen LogP contribution in [0.1, 0.15) is 19.3 Å². The zero-order chi connectivity index (χ0) is 11.6. The van der Waals surface area contributed by atoms with Gasteiger partial charge in [0.25, 0.3) is 0 Å². The van der Waals surface area contributed by atoms with E-state index in [2.05, 4.69) is 12.2 Å². The second-order valence-corrected chi connectivity index (χ2v) is 6.56. The van der Waals surface area contributed by atoms with E-state index in [0.29, 0.717) is 11.8 Å². The predicted molar refractivity (Wildman–Crippen MR) is 64.1 cm³/mol. The highest BCUT2D eigenvalue weighted by molar-refractivity contribution is 5.56. The van der Waals surface area contributed by atoms with Crippen molar-refractivity contribution in [3.05, 3.63) is 12.2 Å². The molecule has 92 valence electrons. The first-order chi connectivity index (χ1) is 8.35. The summed E-state index contributed by atoms with van der Waals surface area (Å²) in [7, 11) is 0. The molecule has 0 heterocycles. The molecule has 0 spiro atoms. The van der Waals surface area contributed by atoms with Gasteiger partial charge in [-0.05, 0) is 60.7 Å². The van der Waals surface area contributed by atoms with E-state index in [1.54, 1.807) is 0 Å². The molecular formula is C15H20O2. The van der Waals surface area contributed by atoms with E-state index >= 15 is 0 Å². The van der Waals surface area contributed by atoms with Crippen LogP contribution in [0.25, 0.3) is 0 Å². The van der Waals surface area contributed by atoms with Gasteiger partial charge in [-0.25, -0.2) is 0 Å². The first-order valence-electron chi connectivity index (χ1n) is 7.09. The minimum Gasteiger partial charge on any atom is -0.396 e. The summed E-state index contributed by atoms with van der Waals surface area (Å²) in [4.78, 5) is 11.4. The molecule has 1 N–H and O–H groups in total. The Morgan fingerprint density at radius 2 is 1.82 bits per heavy atom. The summed E-state index contributed by atoms with van der Waals surface area (Å²) in [6.45, 7) is 0.250. The third-order valence-corrected chi connectivity index (χ3v) is 6.27. The summed E-state index contributed by atoms with van der Waals surface area (Å²) in [5.74, 6) is 5.33. The van der Waals surface area contributed by atoms with Gasteiger partial charge >= 0.3 is 0 Å². The number of fused-ring (bicyclic) bond motifs is 9. The molecule has 3 fully saturated rings. The van der Waals surface area contributed by atoms with Gasteiger partial charge in [-0.3, -0.25) is 0 Å². The lowest BCUT2D eigenvalue weighted by atomic mass is 9.64. The smallest absolute Gasteiger partial charge is 0.123 e. The van der Waals surface area contributed by atoms with Crippen LogP contribution >= 0.6 is 0 Å². The van der Waals surface area contributed by atoms with Gasteiger partial charge in [0.1, 0.15) is 6.29 Å². The number of aldehydes is 1. The van der Waals surface area contributed by atoms with Gasteiger partial charge < -0.3 is 9.90 Å². The van der Waals surface area contributed by atoms with Gasteiger partial charge in [0.05, 0.1) is 0 Å². The second-order valence-electron chi connectivity index (χ2n) is 6.56. The van der Waals surface area contributed by atoms with Crippen LogP contribution in [0.5, 0.6) is 0 Å². The molecule has 0 radical (unpaired) electrons. The lowest BCUT2D eigenvalue weighted by molar-refractivity contribution is -0.116. The minimum absolute atomic E-state index is 0.250. The number of aliphatic hydroxyl groups is 1. The third-order valence-electron chi connectivity index (χ3n) is 6.27. The summed E-state index contributed by atoms with van der Waals surface area (Å²) >= 11 is 0. The van der Waals surface area contributed by atoms with Gasteiger partial charge in [0.15, 0.2) is 0 Å². The Bertz CT molecular complexity index is 375. The Labute approximate surface area is 102 Å². The molecule has 0 aliphatic heterocycles. The summed E-state index contributed by atoms with van der Waals surface area (Å²) in [6, 6.07) is 0. The Morgan fingerprint density at radius 3 is 2.47 bits per heavy atom. The summed E-state index contributed by atoms with van der Waals surface area (Å²) in [5, 5.41) is 9.21. The van der Waals surface area contributed by atoms with Gasteiger partial charge in [0, 0.05) is 12.5 Å². The molecule has 4 rings (SSSR count). The molecule has 4 aliphatic rings. The number of rotatable bonds is 3. The molecule has 17 heavy (non-hydrogen) atoms. The molecule has 2 heteroatoms. The Hall–Kier alpha value is -0.630. The standard InChI is InChI=1S/C15H20O2/c16-4-3-10-11-6-12(13(10)7-17)15-9-2-1-8(5-9)14(11)15/h1-2,7-16H,3-6H2. The van der Waals surface area contributed by atoms with E-state index < -0.39 is 0 Å². The maximum absolute atomic E-state index is 11.4. The van der Waals surface area contributed by atoms with Gasteiger partial charge in [-0.1, -0.05) is 12.2 Å². The predicted octanol–water partition coefficient (Wildman–Crippen LogP) is 1.89. The molecule has 0 aromatic heterocycles. The van der Waals surface area contributed by atoms with E-state index in [0.717, 1.165) is 36.0 Å². The van der Waals surface area contributed by atoms with E-state index in [4.69, 9.17) is 0 Å². The Balaban J connectivity index is 1.68. The van der Waals surface area contributed by atoms with Crippen molar-refractivity contribution in [1.29, 1.82) is 0 Å². The molecule has 8 unspecified atom stereocenters. The fourth-order valence-corrected chi connectivity index (χ4v) is 5.97. The lowest BCUT2D eigenvalue weighted by Crippen LogP contribution is -2.38. The molecule has 2 nitrogen and oxygen atoms in total. The zero-order valence-electron chi connectivity index (χ0n) is 10.0. The fraction of sp³-hybridized carbons (Fsp3) is 0.800. The van der Waals surface area contributed by atoms with Crippen LogP contribution in [-0.2, 0) is 4.79 Å². The van der Waals surface area contributed by atoms with E-state index in [9.17, 15) is 9.90 Å².